The van der Waals surface area contributed by atoms with Gasteiger partial charge in [-0.3, -0.25) is 9.20 Å². The van der Waals surface area contributed by atoms with Crippen LogP contribution >= 0.6 is 0 Å². The summed E-state index contributed by atoms with van der Waals surface area (Å²) < 4.78 is 6.38. The van der Waals surface area contributed by atoms with E-state index in [1.54, 1.807) is 16.7 Å². The number of rotatable bonds is 5. The largest absolute Gasteiger partial charge is 0.464 e. The zero-order chi connectivity index (χ0) is 18.8. The standard InChI is InChI=1S/C18H14N6O3/c1-27-17(26)16-15(21-23-22-16)14(25)9-12-7-8-24-10-13(20-18(24)19-12)11-5-3-2-4-6-11/h2-8,10H,9H2,1H3,(H,21,22,23). The van der Waals surface area contributed by atoms with Crippen LogP contribution in [-0.4, -0.2) is 48.6 Å². The molecule has 3 aromatic heterocycles. The number of esters is 1. The van der Waals surface area contributed by atoms with Crippen molar-refractivity contribution < 1.29 is 14.3 Å². The average Bonchev–Trinajstić information content (AvgIpc) is 3.35. The highest BCUT2D eigenvalue weighted by Gasteiger charge is 2.23. The number of carbonyl (C=O) groups is 2. The van der Waals surface area contributed by atoms with Crippen molar-refractivity contribution in [1.82, 2.24) is 29.8 Å². The molecule has 0 unspecified atom stereocenters. The summed E-state index contributed by atoms with van der Waals surface area (Å²) in [6, 6.07) is 11.5. The summed E-state index contributed by atoms with van der Waals surface area (Å²) >= 11 is 0. The van der Waals surface area contributed by atoms with Crippen LogP contribution in [0.1, 0.15) is 26.7 Å². The normalized spacial score (nSPS) is 10.9. The van der Waals surface area contributed by atoms with Crippen LogP contribution < -0.4 is 0 Å². The minimum Gasteiger partial charge on any atom is -0.464 e. The number of fused-ring (bicyclic) bond motifs is 1. The maximum absolute atomic E-state index is 12.5. The summed E-state index contributed by atoms with van der Waals surface area (Å²) in [5, 5.41) is 9.69. The second-order valence-corrected chi connectivity index (χ2v) is 5.73. The fourth-order valence-electron chi connectivity index (χ4n) is 2.67. The summed E-state index contributed by atoms with van der Waals surface area (Å²) in [7, 11) is 1.21. The number of aromatic nitrogens is 6. The van der Waals surface area contributed by atoms with Gasteiger partial charge in [-0.25, -0.2) is 14.8 Å². The Morgan fingerprint density at radius 2 is 1.85 bits per heavy atom. The molecule has 0 saturated carbocycles. The molecule has 4 rings (SSSR count). The zero-order valence-corrected chi connectivity index (χ0v) is 14.3. The maximum atomic E-state index is 12.5. The van der Waals surface area contributed by atoms with E-state index in [9.17, 15) is 9.59 Å². The number of methoxy groups -OCH3 is 1. The van der Waals surface area contributed by atoms with Crippen molar-refractivity contribution in [3.63, 3.8) is 0 Å². The zero-order valence-electron chi connectivity index (χ0n) is 14.3. The van der Waals surface area contributed by atoms with E-state index >= 15 is 0 Å². The molecule has 0 amide bonds. The molecule has 1 N–H and O–H groups in total. The van der Waals surface area contributed by atoms with Gasteiger partial charge in [-0.2, -0.15) is 10.3 Å². The van der Waals surface area contributed by atoms with Gasteiger partial charge in [0.1, 0.15) is 0 Å². The third-order valence-electron chi connectivity index (χ3n) is 3.99. The van der Waals surface area contributed by atoms with Crippen LogP contribution in [0.25, 0.3) is 17.0 Å². The number of imidazole rings is 1. The number of ether oxygens (including phenoxy) is 1. The van der Waals surface area contributed by atoms with E-state index in [2.05, 4.69) is 30.1 Å². The molecule has 0 aliphatic heterocycles. The molecule has 27 heavy (non-hydrogen) atoms. The third kappa shape index (κ3) is 3.17. The van der Waals surface area contributed by atoms with Crippen LogP contribution in [0.4, 0.5) is 0 Å². The van der Waals surface area contributed by atoms with Gasteiger partial charge in [0.15, 0.2) is 11.5 Å². The number of H-pyrrole nitrogens is 1. The van der Waals surface area contributed by atoms with E-state index in [0.717, 1.165) is 11.3 Å². The molecule has 0 aliphatic carbocycles. The molecule has 0 fully saturated rings. The van der Waals surface area contributed by atoms with E-state index in [4.69, 9.17) is 0 Å². The molecule has 0 bridgehead atoms. The Balaban J connectivity index is 1.60. The number of nitrogens with zero attached hydrogens (tertiary/aromatic N) is 5. The molecule has 3 heterocycles. The topological polar surface area (TPSA) is 115 Å². The van der Waals surface area contributed by atoms with Gasteiger partial charge in [0, 0.05) is 18.0 Å². The van der Waals surface area contributed by atoms with E-state index in [1.165, 1.54) is 7.11 Å². The van der Waals surface area contributed by atoms with Crippen molar-refractivity contribution in [3.05, 3.63) is 65.9 Å². The van der Waals surface area contributed by atoms with Crippen LogP contribution in [0.2, 0.25) is 0 Å². The van der Waals surface area contributed by atoms with Crippen LogP contribution in [0.15, 0.2) is 48.8 Å². The van der Waals surface area contributed by atoms with Gasteiger partial charge in [0.25, 0.3) is 0 Å². The number of hydrogen-bond acceptors (Lipinski definition) is 7. The SMILES string of the molecule is COC(=O)c1n[nH]nc1C(=O)Cc1ccn2cc(-c3ccccc3)nc2n1. The van der Waals surface area contributed by atoms with Crippen LogP contribution in [0.3, 0.4) is 0 Å². The molecule has 4 aromatic rings. The third-order valence-corrected chi connectivity index (χ3v) is 3.99. The molecule has 0 aliphatic rings. The Hall–Kier alpha value is -3.88. The average molecular weight is 362 g/mol. The van der Waals surface area contributed by atoms with Gasteiger partial charge in [-0.05, 0) is 6.07 Å². The summed E-state index contributed by atoms with van der Waals surface area (Å²) in [5.41, 5.74) is 2.06. The molecule has 134 valence electrons. The highest BCUT2D eigenvalue weighted by Crippen LogP contribution is 2.18. The Morgan fingerprint density at radius 3 is 2.63 bits per heavy atom. The van der Waals surface area contributed by atoms with Gasteiger partial charge in [-0.15, -0.1) is 5.10 Å². The fourth-order valence-corrected chi connectivity index (χ4v) is 2.67. The second-order valence-electron chi connectivity index (χ2n) is 5.73. The lowest BCUT2D eigenvalue weighted by atomic mass is 10.1. The Labute approximate surface area is 153 Å². The van der Waals surface area contributed by atoms with Crippen molar-refractivity contribution >= 4 is 17.5 Å². The molecule has 0 radical (unpaired) electrons. The Bertz CT molecular complexity index is 1130. The van der Waals surface area contributed by atoms with Crippen molar-refractivity contribution in [3.8, 4) is 11.3 Å². The Morgan fingerprint density at radius 1 is 1.07 bits per heavy atom. The number of nitrogens with one attached hydrogen (secondary N) is 1. The predicted octanol–water partition coefficient (Wildman–Crippen LogP) is 1.73. The highest BCUT2D eigenvalue weighted by atomic mass is 16.5. The van der Waals surface area contributed by atoms with Gasteiger partial charge < -0.3 is 4.74 Å². The lowest BCUT2D eigenvalue weighted by molar-refractivity contribution is 0.0590. The number of ketones is 1. The summed E-state index contributed by atoms with van der Waals surface area (Å²) in [4.78, 5) is 33.0. The first-order valence-corrected chi connectivity index (χ1v) is 8.08. The monoisotopic (exact) mass is 362 g/mol. The molecule has 0 spiro atoms. The maximum Gasteiger partial charge on any atom is 0.361 e. The van der Waals surface area contributed by atoms with E-state index < -0.39 is 11.8 Å². The van der Waals surface area contributed by atoms with E-state index in [0.29, 0.717) is 11.5 Å². The van der Waals surface area contributed by atoms with Crippen molar-refractivity contribution in [2.24, 2.45) is 0 Å². The summed E-state index contributed by atoms with van der Waals surface area (Å²) in [6.07, 6.45) is 3.62. The molecule has 0 saturated heterocycles. The number of carbonyl (C=O) groups excluding carboxylic acids is 2. The first-order chi connectivity index (χ1) is 13.2. The van der Waals surface area contributed by atoms with Crippen LogP contribution in [0.5, 0.6) is 0 Å². The minimum atomic E-state index is -0.726. The number of hydrogen-bond donors (Lipinski definition) is 1. The lowest BCUT2D eigenvalue weighted by Gasteiger charge is -2.00. The molecular weight excluding hydrogens is 348 g/mol. The second kappa shape index (κ2) is 6.79. The van der Waals surface area contributed by atoms with Crippen LogP contribution in [0, 0.1) is 0 Å². The number of benzene rings is 1. The van der Waals surface area contributed by atoms with Crippen molar-refractivity contribution in [1.29, 1.82) is 0 Å². The number of Topliss-reactive ketones (excluding diaryl/α,β-unsaturated/α-hetero) is 1. The Kier molecular flexibility index (Phi) is 4.17. The van der Waals surface area contributed by atoms with Gasteiger partial charge in [0.05, 0.1) is 24.9 Å². The molecular formula is C18H14N6O3. The van der Waals surface area contributed by atoms with Crippen LogP contribution in [-0.2, 0) is 11.2 Å². The number of aromatic amines is 1. The first kappa shape index (κ1) is 16.6. The predicted molar refractivity (Wildman–Crippen MR) is 94.2 cm³/mol. The van der Waals surface area contributed by atoms with Crippen molar-refractivity contribution in [2.75, 3.05) is 7.11 Å². The summed E-state index contributed by atoms with van der Waals surface area (Å²) in [6.45, 7) is 0. The molecule has 9 nitrogen and oxygen atoms in total. The molecule has 9 heteroatoms. The summed E-state index contributed by atoms with van der Waals surface area (Å²) in [5.74, 6) is -0.639. The quantitative estimate of drug-likeness (QED) is 0.424. The van der Waals surface area contributed by atoms with E-state index in [-0.39, 0.29) is 17.8 Å². The smallest absolute Gasteiger partial charge is 0.361 e. The van der Waals surface area contributed by atoms with Crippen molar-refractivity contribution in [2.45, 2.75) is 6.42 Å². The molecule has 0 atom stereocenters. The molecule has 1 aromatic carbocycles. The fraction of sp³-hybridized carbons (Fsp3) is 0.111. The lowest BCUT2D eigenvalue weighted by Crippen LogP contribution is -2.13. The van der Waals surface area contributed by atoms with E-state index in [1.807, 2.05) is 36.5 Å². The highest BCUT2D eigenvalue weighted by molar-refractivity contribution is 6.04. The van der Waals surface area contributed by atoms with Gasteiger partial charge >= 0.3 is 5.97 Å². The minimum absolute atomic E-state index is 0.0411. The van der Waals surface area contributed by atoms with Gasteiger partial charge in [0.2, 0.25) is 11.5 Å². The first-order valence-electron chi connectivity index (χ1n) is 8.08. The van der Waals surface area contributed by atoms with Gasteiger partial charge in [-0.1, -0.05) is 30.3 Å².